The topological polar surface area (TPSA) is 92.8 Å². The predicted octanol–water partition coefficient (Wildman–Crippen LogP) is 1.87. The molecule has 7 heteroatoms. The van der Waals surface area contributed by atoms with E-state index < -0.39 is 6.10 Å². The molecule has 2 aromatic heterocycles. The highest BCUT2D eigenvalue weighted by atomic mass is 16.5. The van der Waals surface area contributed by atoms with Crippen LogP contribution in [0.25, 0.3) is 11.4 Å². The second-order valence-electron chi connectivity index (χ2n) is 5.09. The Morgan fingerprint density at radius 2 is 2.08 bits per heavy atom. The van der Waals surface area contributed by atoms with Gasteiger partial charge in [0.1, 0.15) is 5.82 Å². The van der Waals surface area contributed by atoms with Crippen molar-refractivity contribution in [2.24, 2.45) is 0 Å². The Kier molecular flexibility index (Phi) is 4.93. The lowest BCUT2D eigenvalue weighted by molar-refractivity contribution is -0.131. The van der Waals surface area contributed by atoms with Crippen LogP contribution in [0.4, 0.5) is 0 Å². The summed E-state index contributed by atoms with van der Waals surface area (Å²) in [5, 5.41) is 9.74. The molecular formula is C17H17N5O2. The fourth-order valence-electron chi connectivity index (χ4n) is 2.28. The largest absolute Gasteiger partial charge is 0.367 e. The van der Waals surface area contributed by atoms with E-state index >= 15 is 0 Å². The smallest absolute Gasteiger partial charge is 0.254 e. The molecule has 0 aliphatic heterocycles. The van der Waals surface area contributed by atoms with E-state index in [4.69, 9.17) is 4.74 Å². The van der Waals surface area contributed by atoms with Crippen LogP contribution >= 0.6 is 0 Å². The van der Waals surface area contributed by atoms with E-state index in [1.165, 1.54) is 7.11 Å². The van der Waals surface area contributed by atoms with Crippen LogP contribution in [-0.2, 0) is 16.1 Å². The Morgan fingerprint density at radius 3 is 2.79 bits per heavy atom. The molecule has 0 bridgehead atoms. The number of amides is 1. The number of carbonyl (C=O) groups is 1. The van der Waals surface area contributed by atoms with Crippen molar-refractivity contribution in [3.05, 3.63) is 66.2 Å². The molecule has 1 aromatic carbocycles. The van der Waals surface area contributed by atoms with Crippen LogP contribution < -0.4 is 5.32 Å². The lowest BCUT2D eigenvalue weighted by atomic mass is 10.1. The summed E-state index contributed by atoms with van der Waals surface area (Å²) in [5.41, 5.74) is 1.61. The van der Waals surface area contributed by atoms with Crippen LogP contribution in [-0.4, -0.2) is 33.2 Å². The molecule has 0 aliphatic rings. The Hall–Kier alpha value is -3.06. The highest BCUT2D eigenvalue weighted by Gasteiger charge is 2.19. The number of hydrogen-bond acceptors (Lipinski definition) is 5. The maximum absolute atomic E-state index is 12.3. The summed E-state index contributed by atoms with van der Waals surface area (Å²) in [6.07, 6.45) is 2.71. The Labute approximate surface area is 139 Å². The number of benzene rings is 1. The van der Waals surface area contributed by atoms with Gasteiger partial charge in [-0.05, 0) is 17.7 Å². The summed E-state index contributed by atoms with van der Waals surface area (Å²) < 4.78 is 5.29. The highest BCUT2D eigenvalue weighted by molar-refractivity contribution is 5.82. The van der Waals surface area contributed by atoms with E-state index in [2.05, 4.69) is 25.5 Å². The second-order valence-corrected chi connectivity index (χ2v) is 5.09. The van der Waals surface area contributed by atoms with Crippen LogP contribution in [0.5, 0.6) is 0 Å². The minimum Gasteiger partial charge on any atom is -0.367 e. The Morgan fingerprint density at radius 1 is 1.25 bits per heavy atom. The van der Waals surface area contributed by atoms with Crippen molar-refractivity contribution in [1.29, 1.82) is 0 Å². The number of rotatable bonds is 6. The van der Waals surface area contributed by atoms with Gasteiger partial charge in [-0.1, -0.05) is 30.3 Å². The molecule has 122 valence electrons. The van der Waals surface area contributed by atoms with Crippen molar-refractivity contribution < 1.29 is 9.53 Å². The minimum absolute atomic E-state index is 0.233. The summed E-state index contributed by atoms with van der Waals surface area (Å²) in [5.74, 6) is 0.867. The molecule has 0 saturated carbocycles. The fraction of sp³-hybridized carbons (Fsp3) is 0.176. The summed E-state index contributed by atoms with van der Waals surface area (Å²) in [7, 11) is 1.51. The van der Waals surface area contributed by atoms with Crippen molar-refractivity contribution in [1.82, 2.24) is 25.5 Å². The zero-order valence-electron chi connectivity index (χ0n) is 13.1. The summed E-state index contributed by atoms with van der Waals surface area (Å²) >= 11 is 0. The quantitative estimate of drug-likeness (QED) is 0.722. The molecule has 1 amide bonds. The fourth-order valence-corrected chi connectivity index (χ4v) is 2.28. The van der Waals surface area contributed by atoms with Crippen molar-refractivity contribution >= 4 is 5.91 Å². The van der Waals surface area contributed by atoms with Crippen molar-refractivity contribution in [3.63, 3.8) is 0 Å². The molecule has 0 unspecified atom stereocenters. The maximum Gasteiger partial charge on any atom is 0.254 e. The molecule has 3 aromatic rings. The normalized spacial score (nSPS) is 11.9. The molecule has 0 spiro atoms. The molecule has 0 aliphatic carbocycles. The van der Waals surface area contributed by atoms with Gasteiger partial charge in [0.05, 0.1) is 6.54 Å². The number of ether oxygens (including phenoxy) is 1. The first-order valence-electron chi connectivity index (χ1n) is 7.45. The summed E-state index contributed by atoms with van der Waals surface area (Å²) in [6, 6.07) is 13.0. The van der Waals surface area contributed by atoms with E-state index in [0.717, 1.165) is 11.1 Å². The van der Waals surface area contributed by atoms with Crippen molar-refractivity contribution in [3.8, 4) is 11.4 Å². The molecule has 7 nitrogen and oxygen atoms in total. The third kappa shape index (κ3) is 3.64. The average molecular weight is 323 g/mol. The third-order valence-electron chi connectivity index (χ3n) is 3.46. The van der Waals surface area contributed by atoms with Gasteiger partial charge in [0.2, 0.25) is 0 Å². The number of aromatic amines is 1. The number of H-pyrrole nitrogens is 1. The van der Waals surface area contributed by atoms with Crippen molar-refractivity contribution in [2.45, 2.75) is 12.6 Å². The van der Waals surface area contributed by atoms with Crippen LogP contribution in [0.2, 0.25) is 0 Å². The predicted molar refractivity (Wildman–Crippen MR) is 87.7 cm³/mol. The highest BCUT2D eigenvalue weighted by Crippen LogP contribution is 2.16. The number of carbonyl (C=O) groups excluding carboxylic acids is 1. The number of methoxy groups -OCH3 is 1. The zero-order chi connectivity index (χ0) is 16.8. The molecule has 2 heterocycles. The van der Waals surface area contributed by atoms with Gasteiger partial charge in [-0.3, -0.25) is 14.9 Å². The molecular weight excluding hydrogens is 306 g/mol. The van der Waals surface area contributed by atoms with Gasteiger partial charge < -0.3 is 10.1 Å². The van der Waals surface area contributed by atoms with Gasteiger partial charge in [0.25, 0.3) is 5.91 Å². The van der Waals surface area contributed by atoms with Gasteiger partial charge in [0, 0.05) is 25.1 Å². The van der Waals surface area contributed by atoms with E-state index in [0.29, 0.717) is 11.6 Å². The first-order chi connectivity index (χ1) is 11.8. The number of nitrogens with zero attached hydrogens (tertiary/aromatic N) is 3. The minimum atomic E-state index is -0.660. The van der Waals surface area contributed by atoms with Crippen molar-refractivity contribution in [2.75, 3.05) is 7.11 Å². The van der Waals surface area contributed by atoms with E-state index in [1.54, 1.807) is 12.4 Å². The lowest BCUT2D eigenvalue weighted by Gasteiger charge is -2.14. The third-order valence-corrected chi connectivity index (χ3v) is 3.46. The van der Waals surface area contributed by atoms with Crippen LogP contribution in [0.15, 0.2) is 54.9 Å². The van der Waals surface area contributed by atoms with Gasteiger partial charge >= 0.3 is 0 Å². The van der Waals surface area contributed by atoms with Crippen LogP contribution in [0, 0.1) is 0 Å². The van der Waals surface area contributed by atoms with E-state index in [-0.39, 0.29) is 12.5 Å². The molecule has 0 fully saturated rings. The number of nitrogens with one attached hydrogen (secondary N) is 2. The Bertz CT molecular complexity index is 789. The molecule has 0 saturated heterocycles. The maximum atomic E-state index is 12.3. The molecule has 1 atom stereocenters. The Balaban J connectivity index is 1.63. The van der Waals surface area contributed by atoms with Gasteiger partial charge in [-0.15, -0.1) is 0 Å². The van der Waals surface area contributed by atoms with E-state index in [9.17, 15) is 4.79 Å². The van der Waals surface area contributed by atoms with Crippen LogP contribution in [0.3, 0.4) is 0 Å². The molecule has 3 rings (SSSR count). The zero-order valence-corrected chi connectivity index (χ0v) is 13.1. The first-order valence-corrected chi connectivity index (χ1v) is 7.45. The second kappa shape index (κ2) is 7.47. The van der Waals surface area contributed by atoms with Gasteiger partial charge in [-0.25, -0.2) is 4.98 Å². The first kappa shape index (κ1) is 15.8. The molecule has 24 heavy (non-hydrogen) atoms. The number of aromatic nitrogens is 4. The number of pyridine rings is 1. The standard InChI is InChI=1S/C17H17N5O2/c1-24-15(12-6-3-2-4-7-12)17(23)19-11-14-20-16(22-21-14)13-8-5-9-18-10-13/h2-10,15H,11H2,1H3,(H,19,23)(H,20,21,22)/t15-/m0/s1. The van der Waals surface area contributed by atoms with Crippen LogP contribution in [0.1, 0.15) is 17.5 Å². The monoisotopic (exact) mass is 323 g/mol. The molecule has 0 radical (unpaired) electrons. The van der Waals surface area contributed by atoms with Gasteiger partial charge in [0.15, 0.2) is 11.9 Å². The molecule has 2 N–H and O–H groups in total. The lowest BCUT2D eigenvalue weighted by Crippen LogP contribution is -2.30. The number of hydrogen-bond donors (Lipinski definition) is 2. The van der Waals surface area contributed by atoms with E-state index in [1.807, 2.05) is 42.5 Å². The van der Waals surface area contributed by atoms with Gasteiger partial charge in [-0.2, -0.15) is 5.10 Å². The SMILES string of the molecule is CO[C@H](C(=O)NCc1nc(-c2cccnc2)n[nH]1)c1ccccc1. The summed E-state index contributed by atoms with van der Waals surface area (Å²) in [4.78, 5) is 20.7. The summed E-state index contributed by atoms with van der Waals surface area (Å²) in [6.45, 7) is 0.235. The average Bonchev–Trinajstić information content (AvgIpc) is 3.11.